The normalized spacial score (nSPS) is 16.2. The van der Waals surface area contributed by atoms with E-state index < -0.39 is 5.25 Å². The molecule has 34 heavy (non-hydrogen) atoms. The highest BCUT2D eigenvalue weighted by Gasteiger charge is 2.33. The average molecular weight is 497 g/mol. The molecule has 0 N–H and O–H groups in total. The number of allylic oxidation sites excluding steroid dienone is 1. The first-order valence-electron chi connectivity index (χ1n) is 11.0. The molecule has 0 saturated carbocycles. The first-order chi connectivity index (χ1) is 16.5. The number of imide groups is 1. The van der Waals surface area contributed by atoms with E-state index in [1.54, 1.807) is 37.5 Å². The summed E-state index contributed by atoms with van der Waals surface area (Å²) >= 11 is 7.29. The third-order valence-corrected chi connectivity index (χ3v) is 7.09. The number of halogens is 1. The number of benzene rings is 2. The molecule has 2 heterocycles. The van der Waals surface area contributed by atoms with E-state index in [1.807, 2.05) is 28.8 Å². The molecule has 1 aliphatic rings. The zero-order valence-electron chi connectivity index (χ0n) is 18.8. The van der Waals surface area contributed by atoms with Crippen LogP contribution in [0.4, 0.5) is 0 Å². The Kier molecular flexibility index (Phi) is 7.70. The minimum atomic E-state index is -0.447. The molecule has 2 aromatic carbocycles. The number of carbonyl (C=O) groups is 2. The average Bonchev–Trinajstić information content (AvgIpc) is 3.15. The van der Waals surface area contributed by atoms with E-state index in [4.69, 9.17) is 16.3 Å². The third-order valence-electron chi connectivity index (χ3n) is 5.60. The fourth-order valence-electron chi connectivity index (χ4n) is 3.89. The lowest BCUT2D eigenvalue weighted by Crippen LogP contribution is -2.41. The Morgan fingerprint density at radius 2 is 1.97 bits per heavy atom. The Balaban J connectivity index is 1.61. The first-order valence-corrected chi connectivity index (χ1v) is 12.2. The van der Waals surface area contributed by atoms with E-state index in [0.29, 0.717) is 46.8 Å². The van der Waals surface area contributed by atoms with Gasteiger partial charge in [-0.1, -0.05) is 48.0 Å². The largest absolute Gasteiger partial charge is 0.496 e. The Bertz CT molecular complexity index is 1200. The van der Waals surface area contributed by atoms with Crippen LogP contribution >= 0.6 is 23.4 Å². The molecular weight excluding hydrogens is 472 g/mol. The number of likely N-dealkylation sites (tertiary alicyclic amines) is 1. The molecule has 0 bridgehead atoms. The van der Waals surface area contributed by atoms with Crippen molar-refractivity contribution in [2.24, 2.45) is 0 Å². The maximum absolute atomic E-state index is 13.4. The molecule has 9 heteroatoms. The van der Waals surface area contributed by atoms with E-state index in [2.05, 4.69) is 16.8 Å². The molecule has 1 saturated heterocycles. The van der Waals surface area contributed by atoms with Gasteiger partial charge in [0.15, 0.2) is 11.0 Å². The van der Waals surface area contributed by atoms with Crippen LogP contribution in [0.5, 0.6) is 5.75 Å². The Morgan fingerprint density at radius 1 is 1.21 bits per heavy atom. The van der Waals surface area contributed by atoms with Crippen LogP contribution in [0.25, 0.3) is 11.4 Å². The van der Waals surface area contributed by atoms with Gasteiger partial charge >= 0.3 is 0 Å². The summed E-state index contributed by atoms with van der Waals surface area (Å²) in [5, 5.41) is 9.47. The molecule has 0 aliphatic carbocycles. The fourth-order valence-corrected chi connectivity index (χ4v) is 5.16. The zero-order valence-corrected chi connectivity index (χ0v) is 20.4. The lowest BCUT2D eigenvalue weighted by Gasteiger charge is -2.22. The number of thioether (sulfide) groups is 1. The molecule has 1 unspecified atom stereocenters. The Morgan fingerprint density at radius 3 is 2.71 bits per heavy atom. The highest BCUT2D eigenvalue weighted by molar-refractivity contribution is 8.00. The number of para-hydroxylation sites is 1. The van der Waals surface area contributed by atoms with E-state index >= 15 is 0 Å². The number of rotatable bonds is 7. The maximum atomic E-state index is 13.4. The van der Waals surface area contributed by atoms with Gasteiger partial charge in [0.1, 0.15) is 5.75 Å². The van der Waals surface area contributed by atoms with Gasteiger partial charge in [0.25, 0.3) is 5.91 Å². The van der Waals surface area contributed by atoms with Crippen molar-refractivity contribution in [2.75, 3.05) is 13.7 Å². The zero-order chi connectivity index (χ0) is 24.1. The summed E-state index contributed by atoms with van der Waals surface area (Å²) in [7, 11) is 1.61. The number of carbonyl (C=O) groups excluding carboxylic acids is 2. The number of hydrogen-bond acceptors (Lipinski definition) is 6. The lowest BCUT2D eigenvalue weighted by molar-refractivity contribution is -0.127. The highest BCUT2D eigenvalue weighted by Crippen LogP contribution is 2.34. The van der Waals surface area contributed by atoms with Crippen LogP contribution in [-0.2, 0) is 11.3 Å². The van der Waals surface area contributed by atoms with Gasteiger partial charge in [0, 0.05) is 23.7 Å². The molecule has 7 nitrogen and oxygen atoms in total. The summed E-state index contributed by atoms with van der Waals surface area (Å²) in [6.07, 6.45) is 4.01. The maximum Gasteiger partial charge on any atom is 0.260 e. The number of nitrogens with zero attached hydrogens (tertiary/aromatic N) is 4. The molecule has 1 aliphatic heterocycles. The van der Waals surface area contributed by atoms with Gasteiger partial charge in [0.05, 0.1) is 17.9 Å². The standard InChI is InChI=1S/C25H25ClN4O3S/c1-3-15-29-22(19-8-4-5-9-20(19)33-2)27-28-25(29)34-21-10-6-7-16-30(24(21)32)23(31)17-11-13-18(26)14-12-17/h3-5,8-9,11-14,21H,1,6-7,10,15-16H2,2H3. The molecule has 2 amide bonds. The van der Waals surface area contributed by atoms with Crippen molar-refractivity contribution in [1.82, 2.24) is 19.7 Å². The van der Waals surface area contributed by atoms with E-state index in [1.165, 1.54) is 16.7 Å². The van der Waals surface area contributed by atoms with Crippen LogP contribution in [0.3, 0.4) is 0 Å². The molecule has 4 rings (SSSR count). The van der Waals surface area contributed by atoms with Crippen molar-refractivity contribution in [1.29, 1.82) is 0 Å². The number of amides is 2. The van der Waals surface area contributed by atoms with E-state index in [9.17, 15) is 9.59 Å². The molecule has 0 spiro atoms. The van der Waals surface area contributed by atoms with Gasteiger partial charge in [-0.15, -0.1) is 16.8 Å². The number of methoxy groups -OCH3 is 1. The molecule has 1 atom stereocenters. The second-order valence-electron chi connectivity index (χ2n) is 7.81. The van der Waals surface area contributed by atoms with Crippen LogP contribution in [-0.4, -0.2) is 50.4 Å². The van der Waals surface area contributed by atoms with Gasteiger partial charge < -0.3 is 4.74 Å². The van der Waals surface area contributed by atoms with Crippen molar-refractivity contribution >= 4 is 35.2 Å². The van der Waals surface area contributed by atoms with Crippen molar-refractivity contribution in [3.63, 3.8) is 0 Å². The van der Waals surface area contributed by atoms with Gasteiger partial charge in [-0.2, -0.15) is 0 Å². The second-order valence-corrected chi connectivity index (χ2v) is 9.42. The van der Waals surface area contributed by atoms with E-state index in [0.717, 1.165) is 18.4 Å². The molecule has 1 aromatic heterocycles. The van der Waals surface area contributed by atoms with Crippen molar-refractivity contribution in [2.45, 2.75) is 36.2 Å². The first kappa shape index (κ1) is 24.0. The molecule has 176 valence electrons. The molecular formula is C25H25ClN4O3S. The second kappa shape index (κ2) is 10.9. The third kappa shape index (κ3) is 5.03. The van der Waals surface area contributed by atoms with Crippen LogP contribution in [0.2, 0.25) is 5.02 Å². The van der Waals surface area contributed by atoms with Crippen LogP contribution in [0, 0.1) is 0 Å². The summed E-state index contributed by atoms with van der Waals surface area (Å²) < 4.78 is 7.41. The lowest BCUT2D eigenvalue weighted by atomic mass is 10.2. The molecule has 0 radical (unpaired) electrons. The quantitative estimate of drug-likeness (QED) is 0.334. The fraction of sp³-hybridized carbons (Fsp3) is 0.280. The van der Waals surface area contributed by atoms with Gasteiger partial charge in [-0.05, 0) is 49.2 Å². The summed E-state index contributed by atoms with van der Waals surface area (Å²) in [6.45, 7) is 4.72. The molecule has 3 aromatic rings. The minimum absolute atomic E-state index is 0.213. The monoisotopic (exact) mass is 496 g/mol. The predicted octanol–water partition coefficient (Wildman–Crippen LogP) is 5.11. The predicted molar refractivity (Wildman–Crippen MR) is 133 cm³/mol. The topological polar surface area (TPSA) is 77.3 Å². The van der Waals surface area contributed by atoms with Crippen LogP contribution in [0.1, 0.15) is 29.6 Å². The SMILES string of the molecule is C=CCn1c(SC2CCCCN(C(=O)c3ccc(Cl)cc3)C2=O)nnc1-c1ccccc1OC. The summed E-state index contributed by atoms with van der Waals surface area (Å²) in [6, 6.07) is 14.2. The van der Waals surface area contributed by atoms with Crippen molar-refractivity contribution in [3.05, 3.63) is 71.8 Å². The number of aromatic nitrogens is 3. The van der Waals surface area contributed by atoms with Crippen LogP contribution < -0.4 is 4.74 Å². The van der Waals surface area contributed by atoms with Crippen molar-refractivity contribution < 1.29 is 14.3 Å². The minimum Gasteiger partial charge on any atom is -0.496 e. The Labute approximate surface area is 207 Å². The highest BCUT2D eigenvalue weighted by atomic mass is 35.5. The van der Waals surface area contributed by atoms with Crippen molar-refractivity contribution in [3.8, 4) is 17.1 Å². The summed E-state index contributed by atoms with van der Waals surface area (Å²) in [5.41, 5.74) is 1.25. The van der Waals surface area contributed by atoms with Crippen LogP contribution in [0.15, 0.2) is 66.3 Å². The Hall–Kier alpha value is -3.10. The smallest absolute Gasteiger partial charge is 0.260 e. The summed E-state index contributed by atoms with van der Waals surface area (Å²) in [4.78, 5) is 27.9. The summed E-state index contributed by atoms with van der Waals surface area (Å²) in [5.74, 6) is 0.794. The number of ether oxygens (including phenoxy) is 1. The van der Waals surface area contributed by atoms with Gasteiger partial charge in [-0.25, -0.2) is 0 Å². The van der Waals surface area contributed by atoms with Gasteiger partial charge in [-0.3, -0.25) is 19.1 Å². The van der Waals surface area contributed by atoms with E-state index in [-0.39, 0.29) is 11.8 Å². The van der Waals surface area contributed by atoms with Gasteiger partial charge in [0.2, 0.25) is 5.91 Å². The number of hydrogen-bond donors (Lipinski definition) is 0. The molecule has 1 fully saturated rings.